The molecule has 0 saturated carbocycles. The van der Waals surface area contributed by atoms with Gasteiger partial charge in [0.15, 0.2) is 5.76 Å². The summed E-state index contributed by atoms with van der Waals surface area (Å²) in [5.74, 6) is -0.312. The second-order valence-corrected chi connectivity index (χ2v) is 8.17. The number of rotatable bonds is 10. The largest absolute Gasteiger partial charge is 0.494 e. The van der Waals surface area contributed by atoms with E-state index in [1.54, 1.807) is 54.6 Å². The molecule has 0 fully saturated rings. The number of hydrogen-bond acceptors (Lipinski definition) is 5. The minimum absolute atomic E-state index is 0.119. The van der Waals surface area contributed by atoms with Crippen LogP contribution < -0.4 is 20.7 Å². The number of hydrogen-bond donors (Lipinski definition) is 3. The van der Waals surface area contributed by atoms with Gasteiger partial charge in [0.1, 0.15) is 11.8 Å². The smallest absolute Gasteiger partial charge is 0.287 e. The van der Waals surface area contributed by atoms with Crippen molar-refractivity contribution in [2.75, 3.05) is 17.2 Å². The monoisotopic (exact) mass is 497 g/mol. The van der Waals surface area contributed by atoms with E-state index in [0.717, 1.165) is 11.3 Å². The van der Waals surface area contributed by atoms with Crippen molar-refractivity contribution in [3.63, 3.8) is 0 Å². The van der Waals surface area contributed by atoms with Gasteiger partial charge in [-0.2, -0.15) is 0 Å². The average Bonchev–Trinajstić information content (AvgIpc) is 3.46. The van der Waals surface area contributed by atoms with Crippen LogP contribution in [0.5, 0.6) is 5.75 Å². The van der Waals surface area contributed by atoms with Gasteiger partial charge < -0.3 is 25.1 Å². The summed E-state index contributed by atoms with van der Waals surface area (Å²) in [6, 6.07) is 25.3. The Bertz CT molecular complexity index is 1320. The van der Waals surface area contributed by atoms with E-state index < -0.39 is 17.9 Å². The van der Waals surface area contributed by atoms with Gasteiger partial charge in [-0.25, -0.2) is 0 Å². The number of anilines is 2. The van der Waals surface area contributed by atoms with Crippen LogP contribution >= 0.6 is 0 Å². The lowest BCUT2D eigenvalue weighted by Crippen LogP contribution is -2.45. The normalized spacial score (nSPS) is 11.3. The Morgan fingerprint density at radius 3 is 2.11 bits per heavy atom. The Morgan fingerprint density at radius 2 is 1.46 bits per heavy atom. The third-order valence-corrected chi connectivity index (χ3v) is 5.49. The summed E-state index contributed by atoms with van der Waals surface area (Å²) >= 11 is 0. The molecule has 37 heavy (non-hydrogen) atoms. The molecule has 3 N–H and O–H groups in total. The van der Waals surface area contributed by atoms with Crippen LogP contribution in [-0.4, -0.2) is 30.4 Å². The number of nitrogens with one attached hydrogen (secondary N) is 3. The fourth-order valence-electron chi connectivity index (χ4n) is 3.63. The Balaban J connectivity index is 1.40. The highest BCUT2D eigenvalue weighted by molar-refractivity contribution is 6.05. The van der Waals surface area contributed by atoms with Gasteiger partial charge in [-0.15, -0.1) is 0 Å². The first kappa shape index (κ1) is 25.2. The van der Waals surface area contributed by atoms with Gasteiger partial charge in [0.25, 0.3) is 11.8 Å². The maximum absolute atomic E-state index is 13.1. The van der Waals surface area contributed by atoms with Gasteiger partial charge >= 0.3 is 0 Å². The van der Waals surface area contributed by atoms with Crippen LogP contribution in [0, 0.1) is 0 Å². The van der Waals surface area contributed by atoms with Crippen LogP contribution in [0.25, 0.3) is 0 Å². The summed E-state index contributed by atoms with van der Waals surface area (Å²) in [5.41, 5.74) is 2.46. The Morgan fingerprint density at radius 1 is 0.784 bits per heavy atom. The maximum Gasteiger partial charge on any atom is 0.287 e. The molecule has 3 amide bonds. The third-order valence-electron chi connectivity index (χ3n) is 5.49. The molecule has 0 aliphatic carbocycles. The fourth-order valence-corrected chi connectivity index (χ4v) is 3.63. The number of benzene rings is 3. The van der Waals surface area contributed by atoms with Gasteiger partial charge in [0, 0.05) is 23.4 Å². The standard InChI is InChI=1S/C29H27N3O5/c1-2-36-24-16-14-23(15-17-24)30-27(33)21-10-12-22(13-11-21)31-28(34)25(19-20-7-4-3-5-8-20)32-29(35)26-9-6-18-37-26/h3-18,25H,2,19H2,1H3,(H,30,33)(H,31,34)(H,32,35)/t25-/m0/s1. The number of carbonyl (C=O) groups excluding carboxylic acids is 3. The summed E-state index contributed by atoms with van der Waals surface area (Å²) in [4.78, 5) is 38.3. The highest BCUT2D eigenvalue weighted by Gasteiger charge is 2.23. The molecule has 1 atom stereocenters. The molecule has 0 spiro atoms. The molecule has 1 aromatic heterocycles. The van der Waals surface area contributed by atoms with Crippen LogP contribution in [0.15, 0.2) is 102 Å². The van der Waals surface area contributed by atoms with Gasteiger partial charge in [0.05, 0.1) is 12.9 Å². The highest BCUT2D eigenvalue weighted by atomic mass is 16.5. The van der Waals surface area contributed by atoms with Crippen molar-refractivity contribution in [2.24, 2.45) is 0 Å². The first-order valence-electron chi connectivity index (χ1n) is 11.9. The number of amides is 3. The minimum atomic E-state index is -0.845. The zero-order chi connectivity index (χ0) is 26.0. The molecule has 0 bridgehead atoms. The van der Waals surface area contributed by atoms with Crippen molar-refractivity contribution in [3.8, 4) is 5.75 Å². The van der Waals surface area contributed by atoms with Crippen molar-refractivity contribution >= 4 is 29.1 Å². The lowest BCUT2D eigenvalue weighted by Gasteiger charge is -2.18. The summed E-state index contributed by atoms with van der Waals surface area (Å²) < 4.78 is 10.6. The Kier molecular flexibility index (Phi) is 8.33. The SMILES string of the molecule is CCOc1ccc(NC(=O)c2ccc(NC(=O)[C@H](Cc3ccccc3)NC(=O)c3ccco3)cc2)cc1. The molecule has 8 heteroatoms. The second-order valence-electron chi connectivity index (χ2n) is 8.17. The highest BCUT2D eigenvalue weighted by Crippen LogP contribution is 2.18. The van der Waals surface area contributed by atoms with E-state index in [1.165, 1.54) is 12.3 Å². The molecule has 1 heterocycles. The molecule has 188 valence electrons. The van der Waals surface area contributed by atoms with Gasteiger partial charge in [0.2, 0.25) is 5.91 Å². The molecule has 0 aliphatic rings. The number of ether oxygens (including phenoxy) is 1. The fraction of sp³-hybridized carbons (Fsp3) is 0.138. The van der Waals surface area contributed by atoms with E-state index in [4.69, 9.17) is 9.15 Å². The zero-order valence-electron chi connectivity index (χ0n) is 20.3. The maximum atomic E-state index is 13.1. The quantitative estimate of drug-likeness (QED) is 0.288. The molecule has 0 radical (unpaired) electrons. The predicted molar refractivity (Wildman–Crippen MR) is 141 cm³/mol. The molecule has 0 unspecified atom stereocenters. The van der Waals surface area contributed by atoms with E-state index in [-0.39, 0.29) is 11.7 Å². The molecule has 4 rings (SSSR count). The molecule has 4 aromatic rings. The summed E-state index contributed by atoms with van der Waals surface area (Å²) in [5, 5.41) is 8.39. The molecular formula is C29H27N3O5. The van der Waals surface area contributed by atoms with Crippen LogP contribution in [0.1, 0.15) is 33.4 Å². The van der Waals surface area contributed by atoms with Crippen molar-refractivity contribution in [1.29, 1.82) is 0 Å². The van der Waals surface area contributed by atoms with Crippen molar-refractivity contribution in [3.05, 3.63) is 114 Å². The van der Waals surface area contributed by atoms with Gasteiger partial charge in [-0.3, -0.25) is 14.4 Å². The lowest BCUT2D eigenvalue weighted by atomic mass is 10.0. The van der Waals surface area contributed by atoms with Crippen LogP contribution in [0.3, 0.4) is 0 Å². The summed E-state index contributed by atoms with van der Waals surface area (Å²) in [7, 11) is 0. The van der Waals surface area contributed by atoms with E-state index in [2.05, 4.69) is 16.0 Å². The van der Waals surface area contributed by atoms with Crippen LogP contribution in [0.2, 0.25) is 0 Å². The first-order valence-corrected chi connectivity index (χ1v) is 11.9. The van der Waals surface area contributed by atoms with E-state index >= 15 is 0 Å². The third kappa shape index (κ3) is 7.08. The molecule has 0 aliphatic heterocycles. The first-order chi connectivity index (χ1) is 18.0. The molecule has 0 saturated heterocycles. The molecule has 3 aromatic carbocycles. The second kappa shape index (κ2) is 12.2. The van der Waals surface area contributed by atoms with E-state index in [9.17, 15) is 14.4 Å². The van der Waals surface area contributed by atoms with Gasteiger partial charge in [-0.05, 0) is 73.2 Å². The minimum Gasteiger partial charge on any atom is -0.494 e. The predicted octanol–water partition coefficient (Wildman–Crippen LogP) is 4.91. The van der Waals surface area contributed by atoms with Gasteiger partial charge in [-0.1, -0.05) is 30.3 Å². The zero-order valence-corrected chi connectivity index (χ0v) is 20.3. The van der Waals surface area contributed by atoms with E-state index in [0.29, 0.717) is 30.0 Å². The Labute approximate surface area is 214 Å². The molecule has 8 nitrogen and oxygen atoms in total. The summed E-state index contributed by atoms with van der Waals surface area (Å²) in [6.45, 7) is 2.47. The lowest BCUT2D eigenvalue weighted by molar-refractivity contribution is -0.118. The number of carbonyl (C=O) groups is 3. The van der Waals surface area contributed by atoms with Crippen LogP contribution in [0.4, 0.5) is 11.4 Å². The van der Waals surface area contributed by atoms with Crippen molar-refractivity contribution in [1.82, 2.24) is 5.32 Å². The summed E-state index contributed by atoms with van der Waals surface area (Å²) in [6.07, 6.45) is 1.69. The van der Waals surface area contributed by atoms with Crippen molar-refractivity contribution < 1.29 is 23.5 Å². The number of furan rings is 1. The van der Waals surface area contributed by atoms with E-state index in [1.807, 2.05) is 37.3 Å². The topological polar surface area (TPSA) is 110 Å². The molecular weight excluding hydrogens is 470 g/mol. The average molecular weight is 498 g/mol. The van der Waals surface area contributed by atoms with Crippen LogP contribution in [-0.2, 0) is 11.2 Å². The Hall–Kier alpha value is -4.85. The van der Waals surface area contributed by atoms with Crippen molar-refractivity contribution in [2.45, 2.75) is 19.4 Å².